The predicted octanol–water partition coefficient (Wildman–Crippen LogP) is 0.236. The number of nitrogens with zero attached hydrogens (tertiary/aromatic N) is 2. The zero-order valence-electron chi connectivity index (χ0n) is 12.9. The largest absolute Gasteiger partial charge is 0.405 e. The Balaban J connectivity index is 1.69. The van der Waals surface area contributed by atoms with Crippen molar-refractivity contribution in [3.05, 3.63) is 0 Å². The number of rotatable bonds is 4. The van der Waals surface area contributed by atoms with Crippen LogP contribution in [0.5, 0.6) is 0 Å². The Hall–Kier alpha value is -1.35. The third-order valence-corrected chi connectivity index (χ3v) is 4.11. The average Bonchev–Trinajstić information content (AvgIpc) is 2.53. The van der Waals surface area contributed by atoms with Crippen molar-refractivity contribution in [3.63, 3.8) is 0 Å². The Bertz CT molecular complexity index is 417. The second kappa shape index (κ2) is 7.96. The second-order valence-electron chi connectivity index (χ2n) is 5.88. The van der Waals surface area contributed by atoms with Gasteiger partial charge in [-0.1, -0.05) is 0 Å². The van der Waals surface area contributed by atoms with Crippen LogP contribution < -0.4 is 5.32 Å². The monoisotopic (exact) mass is 337 g/mol. The molecule has 2 fully saturated rings. The zero-order chi connectivity index (χ0) is 16.9. The van der Waals surface area contributed by atoms with Crippen molar-refractivity contribution in [2.75, 3.05) is 52.5 Å². The minimum absolute atomic E-state index is 0.0610. The SMILES string of the molecule is O=C(CN1CCC(C(=O)N2CCOCC2)CC1)NCC(F)(F)F. The number of morpholine rings is 1. The normalized spacial score (nSPS) is 21.3. The van der Waals surface area contributed by atoms with Crippen molar-refractivity contribution >= 4 is 11.8 Å². The van der Waals surface area contributed by atoms with Gasteiger partial charge >= 0.3 is 6.18 Å². The van der Waals surface area contributed by atoms with Gasteiger partial charge < -0.3 is 15.0 Å². The maximum Gasteiger partial charge on any atom is 0.405 e. The van der Waals surface area contributed by atoms with Crippen LogP contribution in [0, 0.1) is 5.92 Å². The van der Waals surface area contributed by atoms with Gasteiger partial charge in [-0.3, -0.25) is 14.5 Å². The molecule has 0 aromatic rings. The third kappa shape index (κ3) is 5.98. The standard InChI is InChI=1S/C14H22F3N3O3/c15-14(16,17)10-18-12(21)9-19-3-1-11(2-4-19)13(22)20-5-7-23-8-6-20/h11H,1-10H2,(H,18,21). The van der Waals surface area contributed by atoms with Gasteiger partial charge in [0.25, 0.3) is 0 Å². The van der Waals surface area contributed by atoms with Crippen molar-refractivity contribution in [2.45, 2.75) is 19.0 Å². The van der Waals surface area contributed by atoms with Crippen LogP contribution in [0.2, 0.25) is 0 Å². The van der Waals surface area contributed by atoms with Crippen molar-refractivity contribution in [3.8, 4) is 0 Å². The Morgan fingerprint density at radius 2 is 1.70 bits per heavy atom. The molecular weight excluding hydrogens is 315 g/mol. The van der Waals surface area contributed by atoms with Crippen LogP contribution >= 0.6 is 0 Å². The van der Waals surface area contributed by atoms with Gasteiger partial charge in [0.2, 0.25) is 11.8 Å². The molecule has 0 radical (unpaired) electrons. The molecule has 0 saturated carbocycles. The Morgan fingerprint density at radius 3 is 2.26 bits per heavy atom. The molecule has 2 saturated heterocycles. The summed E-state index contributed by atoms with van der Waals surface area (Å²) in [6.07, 6.45) is -3.14. The number of alkyl halides is 3. The number of carbonyl (C=O) groups excluding carboxylic acids is 2. The maximum absolute atomic E-state index is 12.3. The predicted molar refractivity (Wildman–Crippen MR) is 75.6 cm³/mol. The van der Waals surface area contributed by atoms with E-state index in [-0.39, 0.29) is 18.4 Å². The highest BCUT2D eigenvalue weighted by molar-refractivity contribution is 5.79. The average molecular weight is 337 g/mol. The van der Waals surface area contributed by atoms with E-state index < -0.39 is 18.6 Å². The number of amides is 2. The van der Waals surface area contributed by atoms with Crippen molar-refractivity contribution < 1.29 is 27.5 Å². The van der Waals surface area contributed by atoms with Crippen LogP contribution in [0.25, 0.3) is 0 Å². The molecule has 2 aliphatic rings. The van der Waals surface area contributed by atoms with Crippen molar-refractivity contribution in [2.24, 2.45) is 5.92 Å². The summed E-state index contributed by atoms with van der Waals surface area (Å²) in [5.74, 6) is -0.586. The summed E-state index contributed by atoms with van der Waals surface area (Å²) in [4.78, 5) is 27.4. The highest BCUT2D eigenvalue weighted by Crippen LogP contribution is 2.20. The molecular formula is C14H22F3N3O3. The van der Waals surface area contributed by atoms with Crippen LogP contribution in [-0.2, 0) is 14.3 Å². The Morgan fingerprint density at radius 1 is 1.09 bits per heavy atom. The quantitative estimate of drug-likeness (QED) is 0.798. The summed E-state index contributed by atoms with van der Waals surface area (Å²) in [6, 6.07) is 0. The number of piperidine rings is 1. The van der Waals surface area contributed by atoms with Gasteiger partial charge in [0.05, 0.1) is 19.8 Å². The second-order valence-corrected chi connectivity index (χ2v) is 5.88. The van der Waals surface area contributed by atoms with E-state index in [4.69, 9.17) is 4.74 Å². The highest BCUT2D eigenvalue weighted by atomic mass is 19.4. The first-order valence-electron chi connectivity index (χ1n) is 7.77. The number of nitrogens with one attached hydrogen (secondary N) is 1. The van der Waals surface area contributed by atoms with Gasteiger partial charge in [0, 0.05) is 19.0 Å². The summed E-state index contributed by atoms with van der Waals surface area (Å²) in [6.45, 7) is 2.05. The van der Waals surface area contributed by atoms with Crippen LogP contribution in [0.15, 0.2) is 0 Å². The van der Waals surface area contributed by atoms with Crippen LogP contribution in [-0.4, -0.2) is 80.3 Å². The number of hydrogen-bond donors (Lipinski definition) is 1. The summed E-state index contributed by atoms with van der Waals surface area (Å²) in [5.41, 5.74) is 0. The number of likely N-dealkylation sites (tertiary alicyclic amines) is 1. The van der Waals surface area contributed by atoms with Crippen molar-refractivity contribution in [1.82, 2.24) is 15.1 Å². The number of ether oxygens (including phenoxy) is 1. The van der Waals surface area contributed by atoms with Crippen LogP contribution in [0.3, 0.4) is 0 Å². The molecule has 2 heterocycles. The highest BCUT2D eigenvalue weighted by Gasteiger charge is 2.31. The Kier molecular flexibility index (Phi) is 6.23. The maximum atomic E-state index is 12.3. The van der Waals surface area contributed by atoms with Gasteiger partial charge in [-0.15, -0.1) is 0 Å². The van der Waals surface area contributed by atoms with E-state index >= 15 is 0 Å². The number of carbonyl (C=O) groups is 2. The summed E-state index contributed by atoms with van der Waals surface area (Å²) < 4.78 is 41.3. The van der Waals surface area contributed by atoms with E-state index in [0.717, 1.165) is 0 Å². The summed E-state index contributed by atoms with van der Waals surface area (Å²) in [5, 5.41) is 1.86. The fraction of sp³-hybridized carbons (Fsp3) is 0.857. The molecule has 0 spiro atoms. The third-order valence-electron chi connectivity index (χ3n) is 4.11. The smallest absolute Gasteiger partial charge is 0.378 e. The zero-order valence-corrected chi connectivity index (χ0v) is 12.9. The molecule has 9 heteroatoms. The lowest BCUT2D eigenvalue weighted by molar-refractivity contribution is -0.142. The molecule has 1 N–H and O–H groups in total. The Labute approximate surface area is 132 Å². The minimum Gasteiger partial charge on any atom is -0.378 e. The molecule has 2 rings (SSSR count). The van der Waals surface area contributed by atoms with Gasteiger partial charge in [0.15, 0.2) is 0 Å². The lowest BCUT2D eigenvalue weighted by atomic mass is 9.95. The fourth-order valence-electron chi connectivity index (χ4n) is 2.84. The molecule has 2 aliphatic heterocycles. The molecule has 0 bridgehead atoms. The summed E-state index contributed by atoms with van der Waals surface area (Å²) >= 11 is 0. The summed E-state index contributed by atoms with van der Waals surface area (Å²) in [7, 11) is 0. The molecule has 6 nitrogen and oxygen atoms in total. The van der Waals surface area contributed by atoms with Gasteiger partial charge in [0.1, 0.15) is 6.54 Å². The van der Waals surface area contributed by atoms with Gasteiger partial charge in [-0.05, 0) is 25.9 Å². The van der Waals surface area contributed by atoms with E-state index in [2.05, 4.69) is 0 Å². The molecule has 0 atom stereocenters. The van der Waals surface area contributed by atoms with Crippen molar-refractivity contribution in [1.29, 1.82) is 0 Å². The first-order valence-corrected chi connectivity index (χ1v) is 7.77. The van der Waals surface area contributed by atoms with Gasteiger partial charge in [-0.2, -0.15) is 13.2 Å². The molecule has 0 aromatic heterocycles. The molecule has 0 unspecified atom stereocenters. The van der Waals surface area contributed by atoms with Crippen LogP contribution in [0.4, 0.5) is 13.2 Å². The lowest BCUT2D eigenvalue weighted by Gasteiger charge is -2.35. The van der Waals surface area contributed by atoms with E-state index in [0.29, 0.717) is 52.2 Å². The molecule has 0 aliphatic carbocycles. The minimum atomic E-state index is -4.40. The van der Waals surface area contributed by atoms with Gasteiger partial charge in [-0.25, -0.2) is 0 Å². The van der Waals surface area contributed by atoms with E-state index in [9.17, 15) is 22.8 Å². The van der Waals surface area contributed by atoms with Crippen LogP contribution in [0.1, 0.15) is 12.8 Å². The number of hydrogen-bond acceptors (Lipinski definition) is 4. The lowest BCUT2D eigenvalue weighted by Crippen LogP contribution is -2.48. The van der Waals surface area contributed by atoms with E-state index in [1.807, 2.05) is 5.32 Å². The first-order chi connectivity index (χ1) is 10.8. The van der Waals surface area contributed by atoms with E-state index in [1.165, 1.54) is 0 Å². The fourth-order valence-corrected chi connectivity index (χ4v) is 2.84. The topological polar surface area (TPSA) is 61.9 Å². The molecule has 2 amide bonds. The molecule has 23 heavy (non-hydrogen) atoms. The molecule has 132 valence electrons. The first kappa shape index (κ1) is 18.0. The molecule has 0 aromatic carbocycles. The number of halogens is 3. The van der Waals surface area contributed by atoms with E-state index in [1.54, 1.807) is 9.80 Å².